The first-order valence-electron chi connectivity index (χ1n) is 6.89. The molecule has 0 saturated heterocycles. The van der Waals surface area contributed by atoms with Gasteiger partial charge in [0.2, 0.25) is 5.95 Å². The normalized spacial score (nSPS) is 16.6. The molecule has 1 aromatic heterocycles. The van der Waals surface area contributed by atoms with Crippen molar-refractivity contribution in [2.75, 3.05) is 5.32 Å². The molecule has 108 valence electrons. The number of halogens is 1. The Labute approximate surface area is 132 Å². The number of allylic oxidation sites excluding steroid dienone is 1. The predicted molar refractivity (Wildman–Crippen MR) is 85.4 cm³/mol. The van der Waals surface area contributed by atoms with Crippen LogP contribution in [0.2, 0.25) is 5.02 Å². The van der Waals surface area contributed by atoms with E-state index in [1.54, 1.807) is 4.68 Å². The Morgan fingerprint density at radius 3 is 2.59 bits per heavy atom. The Bertz CT molecular complexity index is 841. The number of benzene rings is 2. The first-order chi connectivity index (χ1) is 10.8. The lowest BCUT2D eigenvalue weighted by atomic mass is 10.0. The van der Waals surface area contributed by atoms with Gasteiger partial charge in [0.05, 0.1) is 0 Å². The number of nitrogens with zero attached hydrogens (tertiary/aromatic N) is 4. The summed E-state index contributed by atoms with van der Waals surface area (Å²) in [4.78, 5) is 0. The molecule has 0 bridgehead atoms. The zero-order valence-electron chi connectivity index (χ0n) is 11.5. The van der Waals surface area contributed by atoms with Crippen LogP contribution < -0.4 is 5.32 Å². The summed E-state index contributed by atoms with van der Waals surface area (Å²) in [6, 6.07) is 17.7. The monoisotopic (exact) mass is 309 g/mol. The lowest BCUT2D eigenvalue weighted by Crippen LogP contribution is -2.20. The lowest BCUT2D eigenvalue weighted by molar-refractivity contribution is 0.586. The molecule has 0 amide bonds. The van der Waals surface area contributed by atoms with Crippen LogP contribution in [-0.2, 0) is 0 Å². The van der Waals surface area contributed by atoms with Gasteiger partial charge in [-0.25, -0.2) is 0 Å². The van der Waals surface area contributed by atoms with Crippen molar-refractivity contribution in [2.45, 2.75) is 6.04 Å². The summed E-state index contributed by atoms with van der Waals surface area (Å²) >= 11 is 6.35. The van der Waals surface area contributed by atoms with Gasteiger partial charge in [-0.1, -0.05) is 65.2 Å². The molecule has 2 aromatic carbocycles. The molecule has 0 aliphatic carbocycles. The van der Waals surface area contributed by atoms with Gasteiger partial charge in [0.25, 0.3) is 0 Å². The SMILES string of the molecule is Clc1ccccc1C1C=C(c2ccccc2)Nc2nnnn21. The van der Waals surface area contributed by atoms with Crippen molar-refractivity contribution in [2.24, 2.45) is 0 Å². The largest absolute Gasteiger partial charge is 0.323 e. The van der Waals surface area contributed by atoms with E-state index in [0.717, 1.165) is 16.8 Å². The topological polar surface area (TPSA) is 55.6 Å². The van der Waals surface area contributed by atoms with Crippen molar-refractivity contribution < 1.29 is 0 Å². The molecule has 6 heteroatoms. The van der Waals surface area contributed by atoms with E-state index in [2.05, 4.69) is 26.9 Å². The second kappa shape index (κ2) is 5.27. The highest BCUT2D eigenvalue weighted by molar-refractivity contribution is 6.31. The van der Waals surface area contributed by atoms with Gasteiger partial charge < -0.3 is 5.32 Å². The molecule has 1 aliphatic rings. The zero-order valence-corrected chi connectivity index (χ0v) is 12.3. The van der Waals surface area contributed by atoms with Gasteiger partial charge >= 0.3 is 0 Å². The minimum Gasteiger partial charge on any atom is -0.323 e. The van der Waals surface area contributed by atoms with E-state index in [1.165, 1.54) is 0 Å². The number of rotatable bonds is 2. The van der Waals surface area contributed by atoms with Crippen molar-refractivity contribution in [3.8, 4) is 0 Å². The summed E-state index contributed by atoms with van der Waals surface area (Å²) in [5.41, 5.74) is 3.01. The van der Waals surface area contributed by atoms with Gasteiger partial charge in [-0.05, 0) is 33.7 Å². The van der Waals surface area contributed by atoms with E-state index in [0.29, 0.717) is 11.0 Å². The maximum Gasteiger partial charge on any atom is 0.248 e. The van der Waals surface area contributed by atoms with Gasteiger partial charge in [0.15, 0.2) is 0 Å². The van der Waals surface area contributed by atoms with Crippen LogP contribution >= 0.6 is 11.6 Å². The first kappa shape index (κ1) is 13.0. The molecular formula is C16H12ClN5. The summed E-state index contributed by atoms with van der Waals surface area (Å²) in [6.45, 7) is 0. The molecule has 4 rings (SSSR count). The number of anilines is 1. The summed E-state index contributed by atoms with van der Waals surface area (Å²) in [5, 5.41) is 15.8. The summed E-state index contributed by atoms with van der Waals surface area (Å²) < 4.78 is 1.73. The van der Waals surface area contributed by atoms with E-state index in [4.69, 9.17) is 11.6 Å². The number of hydrogen-bond donors (Lipinski definition) is 1. The fourth-order valence-electron chi connectivity index (χ4n) is 2.58. The van der Waals surface area contributed by atoms with E-state index in [-0.39, 0.29) is 6.04 Å². The highest BCUT2D eigenvalue weighted by Crippen LogP contribution is 2.34. The van der Waals surface area contributed by atoms with Crippen molar-refractivity contribution in [1.82, 2.24) is 20.2 Å². The molecule has 2 heterocycles. The number of tetrazole rings is 1. The minimum absolute atomic E-state index is 0.143. The van der Waals surface area contributed by atoms with Crippen LogP contribution in [0.3, 0.4) is 0 Å². The fraction of sp³-hybridized carbons (Fsp3) is 0.0625. The van der Waals surface area contributed by atoms with Crippen LogP contribution in [0.1, 0.15) is 17.2 Å². The highest BCUT2D eigenvalue weighted by Gasteiger charge is 2.25. The summed E-state index contributed by atoms with van der Waals surface area (Å²) in [7, 11) is 0. The molecule has 0 radical (unpaired) electrons. The second-order valence-electron chi connectivity index (χ2n) is 4.98. The Kier molecular flexibility index (Phi) is 3.12. The summed E-state index contributed by atoms with van der Waals surface area (Å²) in [5.74, 6) is 0.603. The van der Waals surface area contributed by atoms with Crippen molar-refractivity contribution in [3.05, 3.63) is 76.8 Å². The van der Waals surface area contributed by atoms with Crippen LogP contribution in [0.4, 0.5) is 5.95 Å². The molecule has 22 heavy (non-hydrogen) atoms. The number of aromatic nitrogens is 4. The molecule has 0 saturated carbocycles. The maximum atomic E-state index is 6.35. The Hall–Kier alpha value is -2.66. The number of nitrogens with one attached hydrogen (secondary N) is 1. The Morgan fingerprint density at radius 2 is 1.77 bits per heavy atom. The van der Waals surface area contributed by atoms with Gasteiger partial charge in [0.1, 0.15) is 6.04 Å². The molecule has 0 fully saturated rings. The third-order valence-corrected chi connectivity index (χ3v) is 3.98. The van der Waals surface area contributed by atoms with Crippen LogP contribution in [0.5, 0.6) is 0 Å². The minimum atomic E-state index is -0.143. The number of fused-ring (bicyclic) bond motifs is 1. The van der Waals surface area contributed by atoms with Crippen LogP contribution in [-0.4, -0.2) is 20.2 Å². The molecule has 5 nitrogen and oxygen atoms in total. The molecule has 1 aliphatic heterocycles. The fourth-order valence-corrected chi connectivity index (χ4v) is 2.82. The first-order valence-corrected chi connectivity index (χ1v) is 7.27. The van der Waals surface area contributed by atoms with Gasteiger partial charge in [-0.3, -0.25) is 0 Å². The highest BCUT2D eigenvalue weighted by atomic mass is 35.5. The average Bonchev–Trinajstić information content (AvgIpc) is 3.04. The molecule has 1 atom stereocenters. The standard InChI is InChI=1S/C16H12ClN5/c17-13-9-5-4-8-12(13)15-10-14(11-6-2-1-3-7-11)18-16-19-20-21-22(15)16/h1-10,15H,(H,18,19,21). The summed E-state index contributed by atoms with van der Waals surface area (Å²) in [6.07, 6.45) is 2.08. The number of hydrogen-bond acceptors (Lipinski definition) is 4. The van der Waals surface area contributed by atoms with Gasteiger partial charge in [-0.2, -0.15) is 4.68 Å². The van der Waals surface area contributed by atoms with E-state index in [9.17, 15) is 0 Å². The third kappa shape index (κ3) is 2.16. The average molecular weight is 310 g/mol. The van der Waals surface area contributed by atoms with E-state index < -0.39 is 0 Å². The zero-order chi connectivity index (χ0) is 14.9. The molecule has 1 N–H and O–H groups in total. The van der Waals surface area contributed by atoms with Crippen LogP contribution in [0.15, 0.2) is 60.7 Å². The van der Waals surface area contributed by atoms with Gasteiger partial charge in [0, 0.05) is 10.7 Å². The second-order valence-corrected chi connectivity index (χ2v) is 5.39. The molecule has 0 spiro atoms. The third-order valence-electron chi connectivity index (χ3n) is 3.64. The van der Waals surface area contributed by atoms with Crippen molar-refractivity contribution >= 4 is 23.2 Å². The Morgan fingerprint density at radius 1 is 1.00 bits per heavy atom. The smallest absolute Gasteiger partial charge is 0.248 e. The Balaban J connectivity index is 1.86. The van der Waals surface area contributed by atoms with Gasteiger partial charge in [-0.15, -0.1) is 0 Å². The van der Waals surface area contributed by atoms with Crippen LogP contribution in [0.25, 0.3) is 5.70 Å². The quantitative estimate of drug-likeness (QED) is 0.788. The lowest BCUT2D eigenvalue weighted by Gasteiger charge is -2.24. The van der Waals surface area contributed by atoms with Crippen molar-refractivity contribution in [3.63, 3.8) is 0 Å². The van der Waals surface area contributed by atoms with E-state index in [1.807, 2.05) is 54.6 Å². The maximum absolute atomic E-state index is 6.35. The molecular weight excluding hydrogens is 298 g/mol. The molecule has 3 aromatic rings. The molecule has 1 unspecified atom stereocenters. The van der Waals surface area contributed by atoms with Crippen molar-refractivity contribution in [1.29, 1.82) is 0 Å². The van der Waals surface area contributed by atoms with Crippen LogP contribution in [0, 0.1) is 0 Å². The van der Waals surface area contributed by atoms with E-state index >= 15 is 0 Å². The predicted octanol–water partition coefficient (Wildman–Crippen LogP) is 3.38.